The zero-order valence-corrected chi connectivity index (χ0v) is 18.4. The van der Waals surface area contributed by atoms with Gasteiger partial charge in [0, 0.05) is 29.1 Å². The predicted molar refractivity (Wildman–Crippen MR) is 119 cm³/mol. The Hall–Kier alpha value is -3.28. The lowest BCUT2D eigenvalue weighted by molar-refractivity contribution is 0.0350. The van der Waals surface area contributed by atoms with Gasteiger partial charge in [-0.05, 0) is 51.5 Å². The molecular formula is C24H29N3O3. The van der Waals surface area contributed by atoms with Crippen LogP contribution in [0.3, 0.4) is 0 Å². The Bertz CT molecular complexity index is 1090. The molecule has 158 valence electrons. The predicted octanol–water partition coefficient (Wildman–Crippen LogP) is 4.34. The number of amides is 2. The molecule has 0 bridgehead atoms. The molecule has 3 aromatic rings. The van der Waals surface area contributed by atoms with Gasteiger partial charge in [0.2, 0.25) is 0 Å². The van der Waals surface area contributed by atoms with Gasteiger partial charge in [0.1, 0.15) is 11.4 Å². The van der Waals surface area contributed by atoms with Crippen LogP contribution in [0.25, 0.3) is 10.9 Å². The van der Waals surface area contributed by atoms with E-state index >= 15 is 0 Å². The summed E-state index contributed by atoms with van der Waals surface area (Å²) in [7, 11) is 3.44. The lowest BCUT2D eigenvalue weighted by atomic mass is 10.0. The van der Waals surface area contributed by atoms with Crippen molar-refractivity contribution in [3.8, 4) is 5.75 Å². The van der Waals surface area contributed by atoms with E-state index in [2.05, 4.69) is 5.43 Å². The van der Waals surface area contributed by atoms with Gasteiger partial charge in [0.15, 0.2) is 0 Å². The summed E-state index contributed by atoms with van der Waals surface area (Å²) in [5.74, 6) is 0.0516. The molecule has 1 N–H and O–H groups in total. The zero-order chi connectivity index (χ0) is 22.1. The van der Waals surface area contributed by atoms with Gasteiger partial charge in [-0.15, -0.1) is 0 Å². The summed E-state index contributed by atoms with van der Waals surface area (Å²) in [5.41, 5.74) is 4.99. The third kappa shape index (κ3) is 3.90. The van der Waals surface area contributed by atoms with Crippen LogP contribution in [0.5, 0.6) is 5.75 Å². The van der Waals surface area contributed by atoms with Crippen LogP contribution in [0.2, 0.25) is 0 Å². The van der Waals surface area contributed by atoms with Crippen LogP contribution in [0.4, 0.5) is 0 Å². The zero-order valence-electron chi connectivity index (χ0n) is 18.4. The average molecular weight is 408 g/mol. The number of carbonyl (C=O) groups is 2. The number of para-hydroxylation sites is 1. The summed E-state index contributed by atoms with van der Waals surface area (Å²) in [6.45, 7) is 7.64. The second kappa shape index (κ2) is 8.22. The van der Waals surface area contributed by atoms with Crippen LogP contribution in [-0.4, -0.2) is 34.0 Å². The van der Waals surface area contributed by atoms with Crippen molar-refractivity contribution < 1.29 is 14.3 Å². The third-order valence-electron chi connectivity index (χ3n) is 5.21. The van der Waals surface area contributed by atoms with Crippen LogP contribution in [0.1, 0.15) is 54.1 Å². The Labute approximate surface area is 177 Å². The first-order valence-electron chi connectivity index (χ1n) is 10.0. The van der Waals surface area contributed by atoms with Crippen LogP contribution < -0.4 is 10.2 Å². The number of aromatic nitrogens is 1. The van der Waals surface area contributed by atoms with Crippen molar-refractivity contribution >= 4 is 22.7 Å². The number of fused-ring (bicyclic) bond motifs is 1. The first kappa shape index (κ1) is 21.4. The summed E-state index contributed by atoms with van der Waals surface area (Å²) in [5, 5.41) is 2.38. The Balaban J connectivity index is 1.99. The number of hydrogen-bond acceptors (Lipinski definition) is 3. The molecule has 0 spiro atoms. The number of hydrazine groups is 1. The molecule has 0 saturated heterocycles. The summed E-state index contributed by atoms with van der Waals surface area (Å²) in [6.07, 6.45) is 0.638. The molecule has 0 saturated carbocycles. The molecule has 0 atom stereocenters. The van der Waals surface area contributed by atoms with E-state index in [0.717, 1.165) is 16.5 Å². The molecule has 0 fully saturated rings. The number of nitrogens with one attached hydrogen (secondary N) is 1. The minimum atomic E-state index is -0.631. The molecule has 6 heteroatoms. The largest absolute Gasteiger partial charge is 0.496 e. The van der Waals surface area contributed by atoms with Crippen molar-refractivity contribution in [1.29, 1.82) is 0 Å². The monoisotopic (exact) mass is 407 g/mol. The number of methoxy groups -OCH3 is 1. The van der Waals surface area contributed by atoms with Crippen LogP contribution in [-0.2, 0) is 13.5 Å². The van der Waals surface area contributed by atoms with E-state index in [1.165, 1.54) is 5.01 Å². The topological polar surface area (TPSA) is 63.6 Å². The van der Waals surface area contributed by atoms with E-state index in [0.29, 0.717) is 23.4 Å². The van der Waals surface area contributed by atoms with E-state index in [1.54, 1.807) is 19.2 Å². The minimum Gasteiger partial charge on any atom is -0.496 e. The summed E-state index contributed by atoms with van der Waals surface area (Å²) in [6, 6.07) is 15.0. The highest BCUT2D eigenvalue weighted by Gasteiger charge is 2.32. The molecule has 0 unspecified atom stereocenters. The molecule has 30 heavy (non-hydrogen) atoms. The van der Waals surface area contributed by atoms with Crippen LogP contribution in [0.15, 0.2) is 48.5 Å². The van der Waals surface area contributed by atoms with Crippen LogP contribution in [0, 0.1) is 0 Å². The first-order chi connectivity index (χ1) is 14.2. The number of aryl methyl sites for hydroxylation is 1. The van der Waals surface area contributed by atoms with Crippen molar-refractivity contribution in [3.05, 3.63) is 65.4 Å². The van der Waals surface area contributed by atoms with Crippen molar-refractivity contribution in [2.24, 2.45) is 7.05 Å². The number of nitrogens with zero attached hydrogens (tertiary/aromatic N) is 2. The van der Waals surface area contributed by atoms with Crippen molar-refractivity contribution in [2.45, 2.75) is 39.7 Å². The van der Waals surface area contributed by atoms with Gasteiger partial charge in [0.25, 0.3) is 11.8 Å². The molecule has 1 heterocycles. The molecule has 1 aromatic heterocycles. The highest BCUT2D eigenvalue weighted by atomic mass is 16.5. The summed E-state index contributed by atoms with van der Waals surface area (Å²) >= 11 is 0. The lowest BCUT2D eigenvalue weighted by Gasteiger charge is -2.35. The highest BCUT2D eigenvalue weighted by Crippen LogP contribution is 2.25. The number of ether oxygens (including phenoxy) is 1. The average Bonchev–Trinajstić information content (AvgIpc) is 3.06. The van der Waals surface area contributed by atoms with Crippen molar-refractivity contribution in [1.82, 2.24) is 15.0 Å². The maximum Gasteiger partial charge on any atom is 0.289 e. The van der Waals surface area contributed by atoms with Gasteiger partial charge < -0.3 is 9.30 Å². The van der Waals surface area contributed by atoms with Gasteiger partial charge >= 0.3 is 0 Å². The first-order valence-corrected chi connectivity index (χ1v) is 10.0. The highest BCUT2D eigenvalue weighted by molar-refractivity contribution is 6.02. The fourth-order valence-corrected chi connectivity index (χ4v) is 3.63. The Morgan fingerprint density at radius 3 is 2.40 bits per heavy atom. The van der Waals surface area contributed by atoms with Crippen molar-refractivity contribution in [2.75, 3.05) is 7.11 Å². The Morgan fingerprint density at radius 2 is 1.80 bits per heavy atom. The Kier molecular flexibility index (Phi) is 5.87. The van der Waals surface area contributed by atoms with Gasteiger partial charge in [-0.2, -0.15) is 0 Å². The maximum absolute atomic E-state index is 13.5. The van der Waals surface area contributed by atoms with E-state index in [9.17, 15) is 9.59 Å². The molecular weight excluding hydrogens is 378 g/mol. The van der Waals surface area contributed by atoms with E-state index in [-0.39, 0.29) is 11.8 Å². The van der Waals surface area contributed by atoms with Gasteiger partial charge in [-0.1, -0.05) is 31.2 Å². The van der Waals surface area contributed by atoms with Gasteiger partial charge in [-0.25, -0.2) is 5.01 Å². The summed E-state index contributed by atoms with van der Waals surface area (Å²) in [4.78, 5) is 26.7. The maximum atomic E-state index is 13.5. The molecule has 0 aliphatic carbocycles. The number of carbonyl (C=O) groups excluding carboxylic acids is 2. The molecule has 0 aliphatic rings. The van der Waals surface area contributed by atoms with Crippen LogP contribution >= 0.6 is 0 Å². The number of rotatable bonds is 4. The molecule has 2 aromatic carbocycles. The van der Waals surface area contributed by atoms with Crippen molar-refractivity contribution in [3.63, 3.8) is 0 Å². The fourth-order valence-electron chi connectivity index (χ4n) is 3.63. The molecule has 0 radical (unpaired) electrons. The number of hydrogen-bond donors (Lipinski definition) is 1. The smallest absolute Gasteiger partial charge is 0.289 e. The fraction of sp³-hybridized carbons (Fsp3) is 0.333. The Morgan fingerprint density at radius 1 is 1.10 bits per heavy atom. The van der Waals surface area contributed by atoms with Gasteiger partial charge in [-0.3, -0.25) is 15.0 Å². The SMILES string of the molecule is CCc1c(OC)cccc1C(=O)NN(C(=O)c1cc2ccccc2n1C)C(C)(C)C. The normalized spacial score (nSPS) is 11.4. The quantitative estimate of drug-likeness (QED) is 0.655. The van der Waals surface area contributed by atoms with E-state index in [1.807, 2.05) is 75.7 Å². The second-order valence-corrected chi connectivity index (χ2v) is 8.24. The third-order valence-corrected chi connectivity index (χ3v) is 5.21. The van der Waals surface area contributed by atoms with E-state index in [4.69, 9.17) is 4.74 Å². The van der Waals surface area contributed by atoms with Gasteiger partial charge in [0.05, 0.1) is 12.6 Å². The lowest BCUT2D eigenvalue weighted by Crippen LogP contribution is -2.56. The van der Waals surface area contributed by atoms with E-state index < -0.39 is 5.54 Å². The molecule has 0 aliphatic heterocycles. The minimum absolute atomic E-state index is 0.268. The molecule has 6 nitrogen and oxygen atoms in total. The standard InChI is InChI=1S/C24H29N3O3/c1-7-17-18(12-10-14-21(17)30-6)22(28)25-27(24(2,3)4)23(29)20-15-16-11-8-9-13-19(16)26(20)5/h8-15H,7H2,1-6H3,(H,25,28). The number of benzene rings is 2. The molecule has 3 rings (SSSR count). The second-order valence-electron chi connectivity index (χ2n) is 8.24. The summed E-state index contributed by atoms with van der Waals surface area (Å²) < 4.78 is 7.25. The molecule has 2 amide bonds.